The molecule has 0 fully saturated rings. The Labute approximate surface area is 126 Å². The number of nitrogens with one attached hydrogen (secondary N) is 1. The summed E-state index contributed by atoms with van der Waals surface area (Å²) in [7, 11) is 0. The van der Waals surface area contributed by atoms with E-state index in [0.717, 1.165) is 18.5 Å². The van der Waals surface area contributed by atoms with Crippen molar-refractivity contribution in [1.29, 1.82) is 0 Å². The van der Waals surface area contributed by atoms with Crippen molar-refractivity contribution in [2.24, 2.45) is 0 Å². The molecule has 21 heavy (non-hydrogen) atoms. The standard InChI is InChI=1S/C17H25NO3/c1-2-3-4-5-6-9-12-20-17(19)16-13-18-14-10-7-8-11-15(14)21-16/h7-8,10-11,16,18H,2-6,9,12-13H2,1H3. The molecule has 2 rings (SSSR count). The topological polar surface area (TPSA) is 47.6 Å². The van der Waals surface area contributed by atoms with Gasteiger partial charge in [0, 0.05) is 0 Å². The number of benzene rings is 1. The Bertz CT molecular complexity index is 447. The van der Waals surface area contributed by atoms with Crippen molar-refractivity contribution in [3.8, 4) is 5.75 Å². The molecule has 0 amide bonds. The number of fused-ring (bicyclic) bond motifs is 1. The van der Waals surface area contributed by atoms with E-state index in [-0.39, 0.29) is 5.97 Å². The highest BCUT2D eigenvalue weighted by Gasteiger charge is 2.26. The first-order chi connectivity index (χ1) is 10.3. The fourth-order valence-corrected chi connectivity index (χ4v) is 2.39. The second-order valence-corrected chi connectivity index (χ2v) is 5.42. The first-order valence-electron chi connectivity index (χ1n) is 7.97. The lowest BCUT2D eigenvalue weighted by molar-refractivity contribution is -0.151. The van der Waals surface area contributed by atoms with Gasteiger partial charge >= 0.3 is 5.97 Å². The third-order valence-corrected chi connectivity index (χ3v) is 3.64. The summed E-state index contributed by atoms with van der Waals surface area (Å²) in [5, 5.41) is 3.19. The van der Waals surface area contributed by atoms with Crippen LogP contribution in [0.2, 0.25) is 0 Å². The summed E-state index contributed by atoms with van der Waals surface area (Å²) >= 11 is 0. The summed E-state index contributed by atoms with van der Waals surface area (Å²) < 4.78 is 11.0. The van der Waals surface area contributed by atoms with Crippen LogP contribution in [0.5, 0.6) is 5.75 Å². The van der Waals surface area contributed by atoms with Gasteiger partial charge in [-0.2, -0.15) is 0 Å². The molecule has 1 aliphatic rings. The molecule has 1 atom stereocenters. The van der Waals surface area contributed by atoms with Gasteiger partial charge in [0.2, 0.25) is 6.10 Å². The summed E-state index contributed by atoms with van der Waals surface area (Å²) in [6.45, 7) is 3.16. The lowest BCUT2D eigenvalue weighted by atomic mass is 10.1. The van der Waals surface area contributed by atoms with Gasteiger partial charge in [0.25, 0.3) is 0 Å². The molecule has 1 N–H and O–H groups in total. The molecular formula is C17H25NO3. The van der Waals surface area contributed by atoms with Gasteiger partial charge in [-0.05, 0) is 18.6 Å². The van der Waals surface area contributed by atoms with E-state index in [1.54, 1.807) is 0 Å². The second-order valence-electron chi connectivity index (χ2n) is 5.42. The Hall–Kier alpha value is -1.71. The lowest BCUT2D eigenvalue weighted by Crippen LogP contribution is -2.39. The van der Waals surface area contributed by atoms with Crippen LogP contribution in [0.1, 0.15) is 45.4 Å². The van der Waals surface area contributed by atoms with Crippen LogP contribution in [0.25, 0.3) is 0 Å². The number of carbonyl (C=O) groups is 1. The van der Waals surface area contributed by atoms with Crippen molar-refractivity contribution in [3.05, 3.63) is 24.3 Å². The van der Waals surface area contributed by atoms with Crippen LogP contribution in [0.15, 0.2) is 24.3 Å². The number of esters is 1. The summed E-state index contributed by atoms with van der Waals surface area (Å²) in [6.07, 6.45) is 6.56. The van der Waals surface area contributed by atoms with Gasteiger partial charge in [0.1, 0.15) is 5.75 Å². The normalized spacial score (nSPS) is 16.5. The number of para-hydroxylation sites is 2. The Balaban J connectivity index is 1.64. The predicted molar refractivity (Wildman–Crippen MR) is 83.7 cm³/mol. The summed E-state index contributed by atoms with van der Waals surface area (Å²) in [5.74, 6) is 0.441. The zero-order chi connectivity index (χ0) is 14.9. The molecule has 0 aliphatic carbocycles. The van der Waals surface area contributed by atoms with E-state index >= 15 is 0 Å². The van der Waals surface area contributed by atoms with Crippen molar-refractivity contribution in [2.75, 3.05) is 18.5 Å². The molecule has 4 nitrogen and oxygen atoms in total. The van der Waals surface area contributed by atoms with Gasteiger partial charge in [-0.25, -0.2) is 4.79 Å². The van der Waals surface area contributed by atoms with E-state index in [1.165, 1.54) is 25.7 Å². The molecule has 1 aliphatic heterocycles. The third-order valence-electron chi connectivity index (χ3n) is 3.64. The fourth-order valence-electron chi connectivity index (χ4n) is 2.39. The largest absolute Gasteiger partial charge is 0.475 e. The zero-order valence-electron chi connectivity index (χ0n) is 12.8. The van der Waals surface area contributed by atoms with Crippen LogP contribution in [0.3, 0.4) is 0 Å². The number of hydrogen-bond donors (Lipinski definition) is 1. The first kappa shape index (κ1) is 15.7. The molecule has 0 saturated heterocycles. The summed E-state index contributed by atoms with van der Waals surface area (Å²) in [4.78, 5) is 12.0. The molecule has 0 spiro atoms. The monoisotopic (exact) mass is 291 g/mol. The van der Waals surface area contributed by atoms with Crippen LogP contribution in [-0.4, -0.2) is 25.2 Å². The molecule has 0 saturated carbocycles. The molecule has 116 valence electrons. The van der Waals surface area contributed by atoms with Crippen LogP contribution in [0, 0.1) is 0 Å². The lowest BCUT2D eigenvalue weighted by Gasteiger charge is -2.25. The van der Waals surface area contributed by atoms with Gasteiger partial charge < -0.3 is 14.8 Å². The van der Waals surface area contributed by atoms with Gasteiger partial charge in [-0.1, -0.05) is 51.2 Å². The van der Waals surface area contributed by atoms with Gasteiger partial charge in [-0.3, -0.25) is 0 Å². The highest BCUT2D eigenvalue weighted by Crippen LogP contribution is 2.28. The van der Waals surface area contributed by atoms with Crippen molar-refractivity contribution in [2.45, 2.75) is 51.6 Å². The second kappa shape index (κ2) is 8.55. The maximum absolute atomic E-state index is 12.0. The summed E-state index contributed by atoms with van der Waals surface area (Å²) in [6, 6.07) is 7.62. The average molecular weight is 291 g/mol. The molecule has 4 heteroatoms. The molecule has 0 aromatic heterocycles. The molecule has 0 radical (unpaired) electrons. The Kier molecular flexibility index (Phi) is 6.38. The average Bonchev–Trinajstić information content (AvgIpc) is 2.53. The maximum atomic E-state index is 12.0. The van der Waals surface area contributed by atoms with E-state index < -0.39 is 6.10 Å². The van der Waals surface area contributed by atoms with E-state index in [9.17, 15) is 4.79 Å². The highest BCUT2D eigenvalue weighted by atomic mass is 16.6. The Morgan fingerprint density at radius 3 is 2.86 bits per heavy atom. The highest BCUT2D eigenvalue weighted by molar-refractivity contribution is 5.77. The predicted octanol–water partition coefficient (Wildman–Crippen LogP) is 3.76. The summed E-state index contributed by atoms with van der Waals surface area (Å²) in [5.41, 5.74) is 0.928. The van der Waals surface area contributed by atoms with Crippen molar-refractivity contribution in [1.82, 2.24) is 0 Å². The van der Waals surface area contributed by atoms with Gasteiger partial charge in [0.05, 0.1) is 18.8 Å². The van der Waals surface area contributed by atoms with E-state index in [0.29, 0.717) is 18.9 Å². The van der Waals surface area contributed by atoms with Gasteiger partial charge in [-0.15, -0.1) is 0 Å². The fraction of sp³-hybridized carbons (Fsp3) is 0.588. The van der Waals surface area contributed by atoms with Crippen LogP contribution >= 0.6 is 0 Å². The molecule has 0 bridgehead atoms. The molecule has 1 unspecified atom stereocenters. The molecule has 1 aromatic rings. The Morgan fingerprint density at radius 2 is 2.00 bits per heavy atom. The minimum Gasteiger partial charge on any atom is -0.475 e. The minimum atomic E-state index is -0.542. The first-order valence-corrected chi connectivity index (χ1v) is 7.97. The molecule has 1 heterocycles. The maximum Gasteiger partial charge on any atom is 0.349 e. The van der Waals surface area contributed by atoms with Crippen molar-refractivity contribution in [3.63, 3.8) is 0 Å². The Morgan fingerprint density at radius 1 is 1.24 bits per heavy atom. The third kappa shape index (κ3) is 4.96. The molecule has 1 aromatic carbocycles. The van der Waals surface area contributed by atoms with E-state index in [4.69, 9.17) is 9.47 Å². The molecular weight excluding hydrogens is 266 g/mol. The number of unbranched alkanes of at least 4 members (excludes halogenated alkanes) is 5. The van der Waals surface area contributed by atoms with Crippen LogP contribution in [0.4, 0.5) is 5.69 Å². The van der Waals surface area contributed by atoms with Crippen LogP contribution in [-0.2, 0) is 9.53 Å². The smallest absolute Gasteiger partial charge is 0.349 e. The zero-order valence-corrected chi connectivity index (χ0v) is 12.8. The minimum absolute atomic E-state index is 0.273. The van der Waals surface area contributed by atoms with Crippen LogP contribution < -0.4 is 10.1 Å². The quantitative estimate of drug-likeness (QED) is 0.585. The number of rotatable bonds is 8. The SMILES string of the molecule is CCCCCCCCOC(=O)C1CNc2ccccc2O1. The van der Waals surface area contributed by atoms with E-state index in [1.807, 2.05) is 24.3 Å². The van der Waals surface area contributed by atoms with Gasteiger partial charge in [0.15, 0.2) is 0 Å². The number of hydrogen-bond acceptors (Lipinski definition) is 4. The number of ether oxygens (including phenoxy) is 2. The number of anilines is 1. The van der Waals surface area contributed by atoms with Crippen molar-refractivity contribution < 1.29 is 14.3 Å². The number of carbonyl (C=O) groups excluding carboxylic acids is 1. The van der Waals surface area contributed by atoms with Crippen molar-refractivity contribution >= 4 is 11.7 Å². The van der Waals surface area contributed by atoms with E-state index in [2.05, 4.69) is 12.2 Å².